The molecule has 3 atom stereocenters. The van der Waals surface area contributed by atoms with E-state index in [1.165, 1.54) is 6.07 Å². The predicted molar refractivity (Wildman–Crippen MR) is 91.7 cm³/mol. The summed E-state index contributed by atoms with van der Waals surface area (Å²) in [7, 11) is 0. The van der Waals surface area contributed by atoms with Gasteiger partial charge in [0, 0.05) is 19.6 Å². The molecule has 3 aliphatic rings. The zero-order valence-electron chi connectivity index (χ0n) is 14.3. The van der Waals surface area contributed by atoms with Crippen molar-refractivity contribution in [2.45, 2.75) is 57.0 Å². The first-order valence-electron chi connectivity index (χ1n) is 9.25. The lowest BCUT2D eigenvalue weighted by molar-refractivity contribution is -0.126. The number of hydrogen-bond donors (Lipinski definition) is 2. The summed E-state index contributed by atoms with van der Waals surface area (Å²) >= 11 is 0. The monoisotopic (exact) mass is 348 g/mol. The number of benzene rings is 1. The van der Waals surface area contributed by atoms with E-state index in [2.05, 4.69) is 5.32 Å². The number of hydrogen-bond acceptors (Lipinski definition) is 4. The number of carbonyl (C=O) groups is 1. The van der Waals surface area contributed by atoms with Crippen LogP contribution in [0.15, 0.2) is 18.2 Å². The number of nitrogens with zero attached hydrogens (tertiary/aromatic N) is 1. The van der Waals surface area contributed by atoms with Gasteiger partial charge in [0.05, 0.1) is 29.9 Å². The predicted octanol–water partition coefficient (Wildman–Crippen LogP) is 1.97. The molecule has 0 aliphatic carbocycles. The largest absolute Gasteiger partial charge is 0.393 e. The summed E-state index contributed by atoms with van der Waals surface area (Å²) < 4.78 is 20.2. The molecule has 1 aromatic carbocycles. The topological polar surface area (TPSA) is 61.8 Å². The Morgan fingerprint density at radius 1 is 1.28 bits per heavy atom. The lowest BCUT2D eigenvalue weighted by Crippen LogP contribution is -2.36. The van der Waals surface area contributed by atoms with Crippen molar-refractivity contribution in [3.63, 3.8) is 0 Å². The van der Waals surface area contributed by atoms with Gasteiger partial charge in [0.15, 0.2) is 0 Å². The second-order valence-electron chi connectivity index (χ2n) is 7.44. The fourth-order valence-corrected chi connectivity index (χ4v) is 4.26. The van der Waals surface area contributed by atoms with Crippen LogP contribution in [0, 0.1) is 11.7 Å². The maximum absolute atomic E-state index is 14.4. The Morgan fingerprint density at radius 2 is 2.08 bits per heavy atom. The van der Waals surface area contributed by atoms with Gasteiger partial charge in [-0.3, -0.25) is 4.79 Å². The van der Waals surface area contributed by atoms with Crippen LogP contribution >= 0.6 is 0 Å². The normalized spacial score (nSPS) is 29.2. The number of anilines is 1. The quantitative estimate of drug-likeness (QED) is 0.873. The second-order valence-corrected chi connectivity index (χ2v) is 7.44. The second kappa shape index (κ2) is 6.92. The van der Waals surface area contributed by atoms with Gasteiger partial charge in [0.25, 0.3) is 0 Å². The van der Waals surface area contributed by atoms with E-state index in [9.17, 15) is 14.3 Å². The van der Waals surface area contributed by atoms with Crippen molar-refractivity contribution in [1.29, 1.82) is 0 Å². The summed E-state index contributed by atoms with van der Waals surface area (Å²) in [6.07, 6.45) is 4.23. The average molecular weight is 348 g/mol. The molecule has 3 aliphatic heterocycles. The molecule has 5 nitrogen and oxygen atoms in total. The van der Waals surface area contributed by atoms with Crippen molar-refractivity contribution in [3.05, 3.63) is 29.6 Å². The van der Waals surface area contributed by atoms with E-state index in [0.717, 1.165) is 24.8 Å². The number of fused-ring (bicyclic) bond motifs is 2. The zero-order chi connectivity index (χ0) is 17.4. The molecule has 4 rings (SSSR count). The van der Waals surface area contributed by atoms with Crippen molar-refractivity contribution in [3.8, 4) is 0 Å². The number of halogens is 1. The van der Waals surface area contributed by atoms with E-state index >= 15 is 0 Å². The minimum absolute atomic E-state index is 0.0155. The molecule has 25 heavy (non-hydrogen) atoms. The standard InChI is InChI=1S/C19H25FN2O3/c20-16-9-12(1-3-17(16)22-7-5-13(23)6-8-22)11-21-19(24)15-10-14-2-4-18(15)25-14/h1,3,9,13-15,18,23H,2,4-8,10-11H2,(H,21,24). The third-order valence-corrected chi connectivity index (χ3v) is 5.73. The molecular formula is C19H25FN2O3. The minimum Gasteiger partial charge on any atom is -0.393 e. The molecule has 6 heteroatoms. The van der Waals surface area contributed by atoms with Crippen LogP contribution in [0.5, 0.6) is 0 Å². The Morgan fingerprint density at radius 3 is 2.72 bits per heavy atom. The Balaban J connectivity index is 1.34. The average Bonchev–Trinajstić information content (AvgIpc) is 3.24. The van der Waals surface area contributed by atoms with Crippen LogP contribution in [0.1, 0.15) is 37.7 Å². The van der Waals surface area contributed by atoms with Crippen molar-refractivity contribution in [2.75, 3.05) is 18.0 Å². The molecule has 1 aromatic rings. The SMILES string of the molecule is O=C(NCc1ccc(N2CCC(O)CC2)c(F)c1)C1CC2CCC1O2. The Hall–Kier alpha value is -1.66. The molecular weight excluding hydrogens is 323 g/mol. The number of ether oxygens (including phenoxy) is 1. The Bertz CT molecular complexity index is 646. The molecule has 1 amide bonds. The first kappa shape index (κ1) is 16.8. The number of aliphatic hydroxyl groups excluding tert-OH is 1. The number of piperidine rings is 1. The van der Waals surface area contributed by atoms with Crippen molar-refractivity contribution in [1.82, 2.24) is 5.32 Å². The van der Waals surface area contributed by atoms with Gasteiger partial charge in [-0.25, -0.2) is 4.39 Å². The van der Waals surface area contributed by atoms with Gasteiger partial charge >= 0.3 is 0 Å². The molecule has 3 saturated heterocycles. The van der Waals surface area contributed by atoms with Gasteiger partial charge in [-0.15, -0.1) is 0 Å². The summed E-state index contributed by atoms with van der Waals surface area (Å²) in [5.41, 5.74) is 1.33. The molecule has 0 radical (unpaired) electrons. The van der Waals surface area contributed by atoms with Crippen molar-refractivity contribution < 1.29 is 19.0 Å². The Labute approximate surface area is 147 Å². The highest BCUT2D eigenvalue weighted by Gasteiger charge is 2.44. The highest BCUT2D eigenvalue weighted by Crippen LogP contribution is 2.38. The van der Waals surface area contributed by atoms with Gasteiger partial charge in [-0.2, -0.15) is 0 Å². The highest BCUT2D eigenvalue weighted by molar-refractivity contribution is 5.79. The summed E-state index contributed by atoms with van der Waals surface area (Å²) in [5, 5.41) is 12.5. The molecule has 0 saturated carbocycles. The van der Waals surface area contributed by atoms with Crippen molar-refractivity contribution >= 4 is 11.6 Å². The fourth-order valence-electron chi connectivity index (χ4n) is 4.26. The lowest BCUT2D eigenvalue weighted by atomic mass is 9.88. The third-order valence-electron chi connectivity index (χ3n) is 5.73. The number of amides is 1. The molecule has 2 bridgehead atoms. The van der Waals surface area contributed by atoms with Gasteiger partial charge in [0.2, 0.25) is 5.91 Å². The zero-order valence-corrected chi connectivity index (χ0v) is 14.3. The molecule has 3 heterocycles. The van der Waals surface area contributed by atoms with E-state index in [1.807, 2.05) is 11.0 Å². The van der Waals surface area contributed by atoms with E-state index < -0.39 is 0 Å². The lowest BCUT2D eigenvalue weighted by Gasteiger charge is -2.31. The number of aliphatic hydroxyl groups is 1. The van der Waals surface area contributed by atoms with E-state index in [1.54, 1.807) is 6.07 Å². The third kappa shape index (κ3) is 3.51. The van der Waals surface area contributed by atoms with E-state index in [-0.39, 0.29) is 36.0 Å². The Kier molecular flexibility index (Phi) is 4.65. The van der Waals surface area contributed by atoms with Crippen LogP contribution in [-0.2, 0) is 16.1 Å². The molecule has 3 fully saturated rings. The van der Waals surface area contributed by atoms with E-state index in [0.29, 0.717) is 38.2 Å². The molecule has 2 N–H and O–H groups in total. The molecule has 136 valence electrons. The summed E-state index contributed by atoms with van der Waals surface area (Å²) in [6.45, 7) is 1.67. The van der Waals surface area contributed by atoms with Crippen LogP contribution in [0.4, 0.5) is 10.1 Å². The summed E-state index contributed by atoms with van der Waals surface area (Å²) in [6, 6.07) is 5.13. The minimum atomic E-state index is -0.274. The first-order chi connectivity index (χ1) is 12.1. The van der Waals surface area contributed by atoms with Gasteiger partial charge in [0.1, 0.15) is 5.82 Å². The fraction of sp³-hybridized carbons (Fsp3) is 0.632. The van der Waals surface area contributed by atoms with Crippen LogP contribution < -0.4 is 10.2 Å². The van der Waals surface area contributed by atoms with Crippen LogP contribution in [0.25, 0.3) is 0 Å². The number of nitrogens with one attached hydrogen (secondary N) is 1. The number of carbonyl (C=O) groups excluding carboxylic acids is 1. The maximum Gasteiger partial charge on any atom is 0.226 e. The summed E-state index contributed by atoms with van der Waals surface area (Å²) in [4.78, 5) is 14.3. The van der Waals surface area contributed by atoms with Gasteiger partial charge in [-0.1, -0.05) is 6.07 Å². The number of rotatable bonds is 4. The molecule has 0 spiro atoms. The first-order valence-corrected chi connectivity index (χ1v) is 9.25. The highest BCUT2D eigenvalue weighted by atomic mass is 19.1. The van der Waals surface area contributed by atoms with Gasteiger partial charge in [-0.05, 0) is 49.8 Å². The van der Waals surface area contributed by atoms with Crippen LogP contribution in [0.2, 0.25) is 0 Å². The van der Waals surface area contributed by atoms with Crippen LogP contribution in [0.3, 0.4) is 0 Å². The van der Waals surface area contributed by atoms with Crippen molar-refractivity contribution in [2.24, 2.45) is 5.92 Å². The van der Waals surface area contributed by atoms with E-state index in [4.69, 9.17) is 4.74 Å². The maximum atomic E-state index is 14.4. The smallest absolute Gasteiger partial charge is 0.226 e. The summed E-state index contributed by atoms with van der Waals surface area (Å²) in [5.74, 6) is -0.309. The molecule has 0 aromatic heterocycles. The van der Waals surface area contributed by atoms with Crippen LogP contribution in [-0.4, -0.2) is 42.4 Å². The van der Waals surface area contributed by atoms with Gasteiger partial charge < -0.3 is 20.1 Å². The molecule has 3 unspecified atom stereocenters.